The van der Waals surface area contributed by atoms with E-state index in [9.17, 15) is 22.8 Å². The number of imidazole rings is 1. The molecule has 0 spiro atoms. The van der Waals surface area contributed by atoms with Crippen molar-refractivity contribution >= 4 is 63.4 Å². The molecule has 4 aromatic rings. The molecular formula is C35H36Cl2F3N7O3. The average molecular weight is 731 g/mol. The van der Waals surface area contributed by atoms with E-state index in [-0.39, 0.29) is 50.1 Å². The number of hydrogen-bond donors (Lipinski definition) is 3. The number of carbonyl (C=O) groups excluding carboxylic acids is 2. The van der Waals surface area contributed by atoms with E-state index in [1.54, 1.807) is 24.3 Å². The van der Waals surface area contributed by atoms with Gasteiger partial charge in [-0.15, -0.1) is 0 Å². The van der Waals surface area contributed by atoms with E-state index in [4.69, 9.17) is 32.9 Å². The maximum atomic E-state index is 13.8. The van der Waals surface area contributed by atoms with Crippen molar-refractivity contribution in [2.45, 2.75) is 50.9 Å². The van der Waals surface area contributed by atoms with E-state index in [0.29, 0.717) is 61.5 Å². The Balaban J connectivity index is 1.13. The summed E-state index contributed by atoms with van der Waals surface area (Å²) in [6, 6.07) is 8.36. The summed E-state index contributed by atoms with van der Waals surface area (Å²) in [6.45, 7) is 1.80. The van der Waals surface area contributed by atoms with Crippen molar-refractivity contribution in [2.75, 3.05) is 30.4 Å². The summed E-state index contributed by atoms with van der Waals surface area (Å²) < 4.78 is 46.7. The van der Waals surface area contributed by atoms with Crippen molar-refractivity contribution in [3.63, 3.8) is 0 Å². The maximum absolute atomic E-state index is 13.8. The minimum absolute atomic E-state index is 0.00349. The molecule has 2 aromatic carbocycles. The molecule has 2 amide bonds. The molecule has 3 fully saturated rings. The van der Waals surface area contributed by atoms with Crippen LogP contribution in [0.2, 0.25) is 10.0 Å². The maximum Gasteiger partial charge on any atom is 0.391 e. The van der Waals surface area contributed by atoms with Gasteiger partial charge in [-0.25, -0.2) is 4.98 Å². The van der Waals surface area contributed by atoms with Crippen molar-refractivity contribution in [1.29, 1.82) is 0 Å². The minimum Gasteiger partial charge on any atom is -0.495 e. The number of carbonyl (C=O) groups is 2. The van der Waals surface area contributed by atoms with Gasteiger partial charge in [-0.05, 0) is 73.8 Å². The van der Waals surface area contributed by atoms with E-state index in [1.807, 2.05) is 17.7 Å². The second-order valence-electron chi connectivity index (χ2n) is 13.4. The molecule has 10 nitrogen and oxygen atoms in total. The van der Waals surface area contributed by atoms with Gasteiger partial charge in [0, 0.05) is 38.9 Å². The van der Waals surface area contributed by atoms with Gasteiger partial charge in [0.15, 0.2) is 0 Å². The Morgan fingerprint density at radius 2 is 1.76 bits per heavy atom. The Labute approximate surface area is 296 Å². The van der Waals surface area contributed by atoms with Gasteiger partial charge in [0.1, 0.15) is 5.75 Å². The van der Waals surface area contributed by atoms with Gasteiger partial charge in [0.25, 0.3) is 11.8 Å². The van der Waals surface area contributed by atoms with Gasteiger partial charge < -0.3 is 30.2 Å². The highest BCUT2D eigenvalue weighted by molar-refractivity contribution is 6.39. The zero-order chi connectivity index (χ0) is 35.3. The van der Waals surface area contributed by atoms with Crippen LogP contribution < -0.4 is 25.6 Å². The van der Waals surface area contributed by atoms with E-state index >= 15 is 0 Å². The first-order valence-electron chi connectivity index (χ1n) is 16.5. The lowest BCUT2D eigenvalue weighted by atomic mass is 9.85. The first kappa shape index (κ1) is 34.2. The number of pyridine rings is 1. The van der Waals surface area contributed by atoms with Crippen LogP contribution in [0.3, 0.4) is 0 Å². The molecule has 2 unspecified atom stereocenters. The van der Waals surface area contributed by atoms with Crippen LogP contribution >= 0.6 is 23.2 Å². The van der Waals surface area contributed by atoms with E-state index in [0.717, 1.165) is 24.3 Å². The lowest BCUT2D eigenvalue weighted by Crippen LogP contribution is -2.40. The highest BCUT2D eigenvalue weighted by atomic mass is 35.5. The van der Waals surface area contributed by atoms with Crippen LogP contribution in [0.5, 0.6) is 5.75 Å². The Kier molecular flexibility index (Phi) is 9.23. The number of alkyl halides is 3. The quantitative estimate of drug-likeness (QED) is 0.166. The van der Waals surface area contributed by atoms with Gasteiger partial charge in [0.05, 0.1) is 62.8 Å². The number of anilines is 3. The molecule has 2 saturated carbocycles. The number of rotatable bonds is 9. The Morgan fingerprint density at radius 1 is 1.02 bits per heavy atom. The zero-order valence-corrected chi connectivity index (χ0v) is 28.9. The molecule has 15 heteroatoms. The predicted octanol–water partition coefficient (Wildman–Crippen LogP) is 7.26. The number of nitrogens with zero attached hydrogens (tertiary/aromatic N) is 4. The summed E-state index contributed by atoms with van der Waals surface area (Å²) in [5, 5.41) is 9.75. The number of aryl methyl sites for hydroxylation is 1. The number of methoxy groups -OCH3 is 1. The van der Waals surface area contributed by atoms with Crippen molar-refractivity contribution in [3.05, 3.63) is 69.5 Å². The lowest BCUT2D eigenvalue weighted by molar-refractivity contribution is -0.182. The third kappa shape index (κ3) is 6.89. The fourth-order valence-corrected chi connectivity index (χ4v) is 7.63. The minimum atomic E-state index is -4.21. The molecule has 1 saturated heterocycles. The molecule has 2 atom stereocenters. The molecule has 1 aliphatic heterocycles. The largest absolute Gasteiger partial charge is 0.495 e. The van der Waals surface area contributed by atoms with Crippen LogP contribution in [-0.2, 0) is 13.6 Å². The molecule has 0 radical (unpaired) electrons. The number of piperidine rings is 1. The van der Waals surface area contributed by atoms with Gasteiger partial charge in [-0.2, -0.15) is 13.2 Å². The molecule has 7 rings (SSSR count). The van der Waals surface area contributed by atoms with Crippen LogP contribution in [0.15, 0.2) is 42.7 Å². The molecular weight excluding hydrogens is 694 g/mol. The Morgan fingerprint density at radius 3 is 2.46 bits per heavy atom. The second kappa shape index (κ2) is 13.5. The zero-order valence-electron chi connectivity index (χ0n) is 27.4. The number of halogens is 5. The highest BCUT2D eigenvalue weighted by Gasteiger charge is 2.46. The topological polar surface area (TPSA) is 113 Å². The van der Waals surface area contributed by atoms with Crippen molar-refractivity contribution in [2.24, 2.45) is 24.8 Å². The Bertz CT molecular complexity index is 1950. The number of hydrogen-bond acceptors (Lipinski definition) is 7. The Hall–Kier alpha value is -4.23. The first-order valence-corrected chi connectivity index (χ1v) is 17.3. The number of benzene rings is 2. The van der Waals surface area contributed by atoms with Gasteiger partial charge in [-0.3, -0.25) is 14.6 Å². The van der Waals surface area contributed by atoms with E-state index in [2.05, 4.69) is 25.8 Å². The summed E-state index contributed by atoms with van der Waals surface area (Å²) in [7, 11) is 3.34. The summed E-state index contributed by atoms with van der Waals surface area (Å²) in [6.07, 6.45) is 0.485. The number of nitrogens with one attached hydrogen (secondary N) is 3. The predicted molar refractivity (Wildman–Crippen MR) is 185 cm³/mol. The molecule has 264 valence electrons. The molecule has 3 N–H and O–H groups in total. The van der Waals surface area contributed by atoms with Gasteiger partial charge in [0.2, 0.25) is 5.95 Å². The van der Waals surface area contributed by atoms with Crippen LogP contribution in [-0.4, -0.2) is 58.8 Å². The smallest absolute Gasteiger partial charge is 0.391 e. The van der Waals surface area contributed by atoms with Crippen LogP contribution in [0.25, 0.3) is 11.0 Å². The average Bonchev–Trinajstić information content (AvgIpc) is 3.59. The van der Waals surface area contributed by atoms with Gasteiger partial charge in [-0.1, -0.05) is 29.3 Å². The van der Waals surface area contributed by atoms with E-state index in [1.165, 1.54) is 25.9 Å². The number of amides is 2. The fraction of sp³-hybridized carbons (Fsp3) is 0.429. The third-order valence-electron chi connectivity index (χ3n) is 10.1. The molecule has 3 heterocycles. The molecule has 3 aliphatic rings. The van der Waals surface area contributed by atoms with Crippen molar-refractivity contribution < 1.29 is 27.5 Å². The fourth-order valence-electron chi connectivity index (χ4n) is 7.10. The SMILES string of the molecule is COc1cncc(C(=O)NCc2ccc(Cl)c(Nc3nc4cc(C(=O)NC5CCC(C(F)(F)F)CC5)c(N5CC6CC6C5)cc4n3C)c2Cl)c1. The monoisotopic (exact) mass is 729 g/mol. The van der Waals surface area contributed by atoms with Crippen LogP contribution in [0.1, 0.15) is 58.4 Å². The number of fused-ring (bicyclic) bond motifs is 2. The first-order chi connectivity index (χ1) is 23.9. The van der Waals surface area contributed by atoms with Crippen molar-refractivity contribution in [3.8, 4) is 5.75 Å². The van der Waals surface area contributed by atoms with Crippen molar-refractivity contribution in [1.82, 2.24) is 25.2 Å². The van der Waals surface area contributed by atoms with E-state index < -0.39 is 12.1 Å². The lowest BCUT2D eigenvalue weighted by Gasteiger charge is -2.31. The number of ether oxygens (including phenoxy) is 1. The normalized spacial score (nSPS) is 21.5. The van der Waals surface area contributed by atoms with Gasteiger partial charge >= 0.3 is 6.18 Å². The third-order valence-corrected chi connectivity index (χ3v) is 10.9. The molecule has 50 heavy (non-hydrogen) atoms. The second-order valence-corrected chi connectivity index (χ2v) is 14.2. The summed E-state index contributed by atoms with van der Waals surface area (Å²) >= 11 is 13.4. The summed E-state index contributed by atoms with van der Waals surface area (Å²) in [5.41, 5.74) is 3.89. The summed E-state index contributed by atoms with van der Waals surface area (Å²) in [5.74, 6) is 0.103. The molecule has 2 aliphatic carbocycles. The van der Waals surface area contributed by atoms with Crippen LogP contribution in [0, 0.1) is 17.8 Å². The summed E-state index contributed by atoms with van der Waals surface area (Å²) in [4.78, 5) is 37.6. The highest BCUT2D eigenvalue weighted by Crippen LogP contribution is 2.47. The molecule has 0 bridgehead atoms. The van der Waals surface area contributed by atoms with Crippen LogP contribution in [0.4, 0.5) is 30.5 Å². The standard InChI is InChI=1S/C35H36Cl2F3N7O3/c1-46-29-12-28(47-16-20-9-21(20)17-47)25(33(49)43-23-6-4-22(5-7-23)35(38,39)40)11-27(29)44-34(46)45-31-26(36)8-3-18(30(31)37)14-42-32(48)19-10-24(50-2)15-41-13-19/h3,8,10-13,15,20-23H,4-7,9,14,16-17H2,1-2H3,(H,42,48)(H,43,49)(H,44,45). The molecule has 2 aromatic heterocycles. The number of aromatic nitrogens is 3.